The maximum Gasteiger partial charge on any atom is 0.327 e. The molecule has 9 heteroatoms. The number of hydrogen-bond acceptors (Lipinski definition) is 5. The van der Waals surface area contributed by atoms with E-state index in [1.54, 1.807) is 38.1 Å². The van der Waals surface area contributed by atoms with E-state index in [1.807, 2.05) is 6.07 Å². The molecule has 1 aromatic rings. The first-order valence-corrected chi connectivity index (χ1v) is 8.39. The predicted molar refractivity (Wildman–Crippen MR) is 93.3 cm³/mol. The van der Waals surface area contributed by atoms with Crippen molar-refractivity contribution < 1.29 is 24.2 Å². The molecule has 0 unspecified atom stereocenters. The van der Waals surface area contributed by atoms with E-state index in [2.05, 4.69) is 5.32 Å². The summed E-state index contributed by atoms with van der Waals surface area (Å²) in [6, 6.07) is 7.31. The summed E-state index contributed by atoms with van der Waals surface area (Å²) in [6.45, 7) is 3.38. The molecule has 1 radical (unpaired) electrons. The number of nitrogens with zero attached hydrogens (tertiary/aromatic N) is 1. The second-order valence-corrected chi connectivity index (χ2v) is 8.02. The number of thioether (sulfide) groups is 1. The maximum absolute atomic E-state index is 12.2. The van der Waals surface area contributed by atoms with Crippen molar-refractivity contribution in [2.24, 2.45) is 0 Å². The van der Waals surface area contributed by atoms with Crippen LogP contribution in [0, 0.1) is 0 Å². The number of nitrogens with one attached hydrogen (secondary N) is 1. The molecule has 2 amide bonds. The van der Waals surface area contributed by atoms with E-state index >= 15 is 0 Å². The number of fused-ring (bicyclic) bond motifs is 1. The number of carboxylic acid groups (broad SMARTS) is 1. The molecule has 2 aliphatic rings. The molecule has 1 aromatic carbocycles. The van der Waals surface area contributed by atoms with Crippen molar-refractivity contribution in [3.05, 3.63) is 30.3 Å². The van der Waals surface area contributed by atoms with Gasteiger partial charge in [0, 0.05) is 56.1 Å². The minimum atomic E-state index is -1.03. The Bertz CT molecular complexity index is 684. The van der Waals surface area contributed by atoms with Gasteiger partial charge >= 0.3 is 5.97 Å². The summed E-state index contributed by atoms with van der Waals surface area (Å²) in [5, 5.41) is 11.6. The molecule has 0 spiro atoms. The number of para-hydroxylation sites is 1. The van der Waals surface area contributed by atoms with Crippen LogP contribution in [-0.2, 0) is 14.4 Å². The molecule has 0 bridgehead atoms. The minimum Gasteiger partial charge on any atom is -0.484 e. The number of amides is 2. The number of ether oxygens (including phenoxy) is 1. The summed E-state index contributed by atoms with van der Waals surface area (Å²) in [7, 11) is 0. The molecule has 2 N–H and O–H groups in total. The predicted octanol–water partition coefficient (Wildman–Crippen LogP) is 0.316. The Hall–Kier alpha value is -0.584. The number of aliphatic carboxylic acids is 1. The Morgan fingerprint density at radius 3 is 2.56 bits per heavy atom. The zero-order valence-corrected chi connectivity index (χ0v) is 18.2. The number of benzene rings is 1. The minimum absolute atomic E-state index is 0. The van der Waals surface area contributed by atoms with E-state index < -0.39 is 28.7 Å². The van der Waals surface area contributed by atoms with Crippen molar-refractivity contribution in [2.45, 2.75) is 36.1 Å². The smallest absolute Gasteiger partial charge is 0.327 e. The Morgan fingerprint density at radius 2 is 1.96 bits per heavy atom. The average Bonchev–Trinajstić information content (AvgIpc) is 2.80. The van der Waals surface area contributed by atoms with Crippen LogP contribution >= 0.6 is 11.8 Å². The van der Waals surface area contributed by atoms with E-state index in [0.29, 0.717) is 5.75 Å². The molecule has 0 aromatic heterocycles. The van der Waals surface area contributed by atoms with Crippen molar-refractivity contribution in [3.8, 4) is 5.75 Å². The molecule has 0 saturated carbocycles. The molecule has 0 aliphatic carbocycles. The van der Waals surface area contributed by atoms with Gasteiger partial charge in [0.1, 0.15) is 23.2 Å². The summed E-state index contributed by atoms with van der Waals surface area (Å²) in [5.41, 5.74) is 0. The first kappa shape index (κ1) is 20.7. The molecule has 25 heavy (non-hydrogen) atoms. The number of carboxylic acids is 1. The molecular formula is C16H18KN2O5S. The molecule has 2 aliphatic heterocycles. The second-order valence-electron chi connectivity index (χ2n) is 6.25. The standard InChI is InChI=1S/C16H18N2O5S.K/c1-16(2)12(15(21)22)18-13(20)11(14(18)24-16)17-10(19)8-23-9-6-4-3-5-7-9;/h3-7,11-12,14H,8H2,1-2H3,(H,17,19)(H,21,22);/t11-,12+,14-;/m1./s1. The van der Waals surface area contributed by atoms with Crippen LogP contribution in [0.15, 0.2) is 30.3 Å². The second kappa shape index (κ2) is 7.97. The number of hydrogen-bond donors (Lipinski definition) is 2. The maximum atomic E-state index is 12.2. The van der Waals surface area contributed by atoms with Crippen LogP contribution in [0.5, 0.6) is 5.75 Å². The summed E-state index contributed by atoms with van der Waals surface area (Å²) >= 11 is 1.39. The molecular weight excluding hydrogens is 371 g/mol. The largest absolute Gasteiger partial charge is 0.484 e. The van der Waals surface area contributed by atoms with Gasteiger partial charge < -0.3 is 20.1 Å². The van der Waals surface area contributed by atoms with Crippen molar-refractivity contribution >= 4 is 80.9 Å². The van der Waals surface area contributed by atoms with Gasteiger partial charge in [-0.2, -0.15) is 0 Å². The number of β-lactam (4-membered cyclic amide) rings is 1. The summed E-state index contributed by atoms with van der Waals surface area (Å²) in [6.07, 6.45) is 0. The number of rotatable bonds is 5. The van der Waals surface area contributed by atoms with Gasteiger partial charge in [0.15, 0.2) is 6.61 Å². The van der Waals surface area contributed by atoms with Crippen molar-refractivity contribution in [3.63, 3.8) is 0 Å². The molecule has 2 saturated heterocycles. The topological polar surface area (TPSA) is 95.9 Å². The van der Waals surface area contributed by atoms with E-state index in [9.17, 15) is 19.5 Å². The fraction of sp³-hybridized carbons (Fsp3) is 0.438. The fourth-order valence-electron chi connectivity index (χ4n) is 3.03. The van der Waals surface area contributed by atoms with Crippen LogP contribution in [-0.4, -0.2) is 108 Å². The number of carbonyl (C=O) groups excluding carboxylic acids is 2. The van der Waals surface area contributed by atoms with Crippen molar-refractivity contribution in [1.29, 1.82) is 0 Å². The molecule has 3 rings (SSSR count). The molecule has 129 valence electrons. The monoisotopic (exact) mass is 389 g/mol. The van der Waals surface area contributed by atoms with Crippen LogP contribution in [0.3, 0.4) is 0 Å². The first-order chi connectivity index (χ1) is 11.3. The third kappa shape index (κ3) is 4.06. The van der Waals surface area contributed by atoms with Crippen LogP contribution < -0.4 is 10.1 Å². The third-order valence-corrected chi connectivity index (χ3v) is 5.68. The third-order valence-electron chi connectivity index (χ3n) is 4.10. The van der Waals surface area contributed by atoms with Gasteiger partial charge in [-0.05, 0) is 26.0 Å². The normalized spacial score (nSPS) is 26.1. The summed E-state index contributed by atoms with van der Waals surface area (Å²) in [4.78, 5) is 37.0. The van der Waals surface area contributed by atoms with Gasteiger partial charge in [-0.25, -0.2) is 4.79 Å². The van der Waals surface area contributed by atoms with Gasteiger partial charge in [0.05, 0.1) is 0 Å². The Kier molecular flexibility index (Phi) is 6.61. The van der Waals surface area contributed by atoms with Crippen molar-refractivity contribution in [1.82, 2.24) is 10.2 Å². The molecule has 7 nitrogen and oxygen atoms in total. The van der Waals surface area contributed by atoms with Crippen LogP contribution in [0.25, 0.3) is 0 Å². The van der Waals surface area contributed by atoms with Gasteiger partial charge in [-0.1, -0.05) is 18.2 Å². The van der Waals surface area contributed by atoms with E-state index in [-0.39, 0.29) is 69.3 Å². The van der Waals surface area contributed by atoms with E-state index in [0.717, 1.165) is 0 Å². The quantitative estimate of drug-likeness (QED) is 0.556. The van der Waals surface area contributed by atoms with E-state index in [4.69, 9.17) is 4.74 Å². The molecule has 3 atom stereocenters. The molecule has 2 fully saturated rings. The summed E-state index contributed by atoms with van der Waals surface area (Å²) in [5.74, 6) is -1.23. The Balaban J connectivity index is 0.00000225. The van der Waals surface area contributed by atoms with Crippen LogP contribution in [0.4, 0.5) is 0 Å². The van der Waals surface area contributed by atoms with Gasteiger partial charge in [-0.15, -0.1) is 11.8 Å². The van der Waals surface area contributed by atoms with E-state index in [1.165, 1.54) is 16.7 Å². The number of carbonyl (C=O) groups is 3. The molecule has 2 heterocycles. The van der Waals surface area contributed by atoms with Gasteiger partial charge in [0.25, 0.3) is 5.91 Å². The fourth-order valence-corrected chi connectivity index (χ4v) is 4.65. The zero-order valence-electron chi connectivity index (χ0n) is 14.3. The SMILES string of the molecule is CC1(C)S[C@@H]2[C@H](NC(=O)COc3ccccc3)C(=O)N2[C@H]1C(=O)O.[K]. The average molecular weight is 389 g/mol. The van der Waals surface area contributed by atoms with Crippen LogP contribution in [0.2, 0.25) is 0 Å². The van der Waals surface area contributed by atoms with Gasteiger partial charge in [-0.3, -0.25) is 9.59 Å². The zero-order chi connectivity index (χ0) is 17.5. The first-order valence-electron chi connectivity index (χ1n) is 7.51. The summed E-state index contributed by atoms with van der Waals surface area (Å²) < 4.78 is 4.74. The van der Waals surface area contributed by atoms with Crippen molar-refractivity contribution in [2.75, 3.05) is 6.61 Å². The Morgan fingerprint density at radius 1 is 1.32 bits per heavy atom. The Labute approximate surface area is 192 Å². The van der Waals surface area contributed by atoms with Crippen LogP contribution in [0.1, 0.15) is 13.8 Å². The van der Waals surface area contributed by atoms with Gasteiger partial charge in [0.2, 0.25) is 5.91 Å².